The minimum Gasteiger partial charge on any atom is -0.495 e. The molecular weight excluding hydrogens is 538 g/mol. The molecule has 0 aliphatic rings. The summed E-state index contributed by atoms with van der Waals surface area (Å²) in [4.78, 5) is 28.4. The molecule has 0 saturated carbocycles. The highest BCUT2D eigenvalue weighted by Gasteiger charge is 2.33. The fourth-order valence-electron chi connectivity index (χ4n) is 3.89. The van der Waals surface area contributed by atoms with E-state index < -0.39 is 28.5 Å². The number of benzene rings is 3. The molecule has 2 amide bonds. The summed E-state index contributed by atoms with van der Waals surface area (Å²) in [6, 6.07) is 20.5. The number of para-hydroxylation sites is 2. The van der Waals surface area contributed by atoms with E-state index in [1.165, 1.54) is 24.1 Å². The summed E-state index contributed by atoms with van der Waals surface area (Å²) < 4.78 is 34.1. The molecule has 0 heterocycles. The number of halogens is 1. The molecule has 0 radical (unpaired) electrons. The van der Waals surface area contributed by atoms with E-state index in [4.69, 9.17) is 16.3 Å². The molecule has 208 valence electrons. The first-order valence-electron chi connectivity index (χ1n) is 12.6. The van der Waals surface area contributed by atoms with Gasteiger partial charge in [-0.2, -0.15) is 0 Å². The molecule has 0 bridgehead atoms. The molecule has 8 nitrogen and oxygen atoms in total. The predicted octanol–water partition coefficient (Wildman–Crippen LogP) is 4.73. The largest absolute Gasteiger partial charge is 0.495 e. The lowest BCUT2D eigenvalue weighted by molar-refractivity contribution is -0.139. The van der Waals surface area contributed by atoms with Crippen LogP contribution in [-0.4, -0.2) is 51.4 Å². The van der Waals surface area contributed by atoms with Crippen LogP contribution in [0.4, 0.5) is 5.69 Å². The maximum Gasteiger partial charge on any atom is 0.264 e. The lowest BCUT2D eigenvalue weighted by Crippen LogP contribution is -2.51. The monoisotopic (exact) mass is 571 g/mol. The number of carbonyl (C=O) groups excluding carboxylic acids is 2. The first-order valence-corrected chi connectivity index (χ1v) is 14.4. The Morgan fingerprint density at radius 3 is 2.15 bits per heavy atom. The normalized spacial score (nSPS) is 12.1. The summed E-state index contributed by atoms with van der Waals surface area (Å²) in [6.07, 6.45) is 0. The highest BCUT2D eigenvalue weighted by atomic mass is 35.5. The minimum absolute atomic E-state index is 0.0238. The van der Waals surface area contributed by atoms with Gasteiger partial charge in [0.2, 0.25) is 11.8 Å². The maximum atomic E-state index is 13.9. The molecule has 10 heteroatoms. The van der Waals surface area contributed by atoms with Gasteiger partial charge in [-0.05, 0) is 54.8 Å². The molecule has 3 aromatic carbocycles. The van der Waals surface area contributed by atoms with E-state index in [1.54, 1.807) is 73.7 Å². The number of rotatable bonds is 12. The van der Waals surface area contributed by atoms with Gasteiger partial charge in [-0.25, -0.2) is 8.42 Å². The van der Waals surface area contributed by atoms with E-state index in [1.807, 2.05) is 13.8 Å². The quantitative estimate of drug-likeness (QED) is 0.339. The fraction of sp³-hybridized carbons (Fsp3) is 0.310. The lowest BCUT2D eigenvalue weighted by atomic mass is 10.1. The van der Waals surface area contributed by atoms with Gasteiger partial charge in [0.1, 0.15) is 18.3 Å². The standard InChI is InChI=1S/C29H34ClN3O5S/c1-21(2)18-31-29(35)22(3)32(19-23-14-16-24(30)17-15-23)28(34)20-33(26-12-8-9-13-27(26)38-4)39(36,37)25-10-6-5-7-11-25/h5-17,21-22H,18-20H2,1-4H3,(H,31,35)/t22-/m0/s1. The topological polar surface area (TPSA) is 96.0 Å². The SMILES string of the molecule is COc1ccccc1N(CC(=O)N(Cc1ccc(Cl)cc1)[C@@H](C)C(=O)NCC(C)C)S(=O)(=O)c1ccccc1. The second-order valence-electron chi connectivity index (χ2n) is 9.46. The van der Waals surface area contributed by atoms with Crippen LogP contribution in [0.5, 0.6) is 5.75 Å². The Balaban J connectivity index is 2.03. The van der Waals surface area contributed by atoms with Crippen LogP contribution in [-0.2, 0) is 26.2 Å². The van der Waals surface area contributed by atoms with E-state index in [2.05, 4.69) is 5.32 Å². The number of ether oxygens (including phenoxy) is 1. The number of nitrogens with zero attached hydrogens (tertiary/aromatic N) is 2. The first kappa shape index (κ1) is 30.0. The molecular formula is C29H34ClN3O5S. The van der Waals surface area contributed by atoms with Gasteiger partial charge in [0.05, 0.1) is 17.7 Å². The van der Waals surface area contributed by atoms with Gasteiger partial charge >= 0.3 is 0 Å². The van der Waals surface area contributed by atoms with E-state index in [0.717, 1.165) is 9.87 Å². The van der Waals surface area contributed by atoms with Crippen molar-refractivity contribution in [2.75, 3.05) is 24.5 Å². The Bertz CT molecular complexity index is 1370. The maximum absolute atomic E-state index is 13.9. The second-order valence-corrected chi connectivity index (χ2v) is 11.8. The van der Waals surface area contributed by atoms with Crippen molar-refractivity contribution >= 4 is 39.1 Å². The number of hydrogen-bond acceptors (Lipinski definition) is 5. The van der Waals surface area contributed by atoms with Crippen LogP contribution in [0.1, 0.15) is 26.3 Å². The van der Waals surface area contributed by atoms with E-state index in [9.17, 15) is 18.0 Å². The van der Waals surface area contributed by atoms with Gasteiger partial charge < -0.3 is 15.0 Å². The molecule has 0 aromatic heterocycles. The van der Waals surface area contributed by atoms with Crippen LogP contribution in [0.3, 0.4) is 0 Å². The van der Waals surface area contributed by atoms with Gasteiger partial charge in [0, 0.05) is 18.1 Å². The molecule has 39 heavy (non-hydrogen) atoms. The molecule has 0 spiro atoms. The van der Waals surface area contributed by atoms with Crippen molar-refractivity contribution < 1.29 is 22.7 Å². The highest BCUT2D eigenvalue weighted by Crippen LogP contribution is 2.32. The van der Waals surface area contributed by atoms with Gasteiger partial charge in [-0.3, -0.25) is 13.9 Å². The smallest absolute Gasteiger partial charge is 0.264 e. The molecule has 3 rings (SSSR count). The minimum atomic E-state index is -4.17. The number of methoxy groups -OCH3 is 1. The van der Waals surface area contributed by atoms with Crippen molar-refractivity contribution in [2.24, 2.45) is 5.92 Å². The third-order valence-corrected chi connectivity index (χ3v) is 8.11. The van der Waals surface area contributed by atoms with E-state index >= 15 is 0 Å². The van der Waals surface area contributed by atoms with Gasteiger partial charge in [0.15, 0.2) is 0 Å². The van der Waals surface area contributed by atoms with Gasteiger partial charge in [-0.1, -0.05) is 67.9 Å². The number of nitrogens with one attached hydrogen (secondary N) is 1. The Morgan fingerprint density at radius 1 is 0.923 bits per heavy atom. The van der Waals surface area contributed by atoms with Crippen LogP contribution in [0, 0.1) is 5.92 Å². The Labute approximate surface area is 235 Å². The molecule has 0 aliphatic heterocycles. The third kappa shape index (κ3) is 7.74. The summed E-state index contributed by atoms with van der Waals surface area (Å²) in [5, 5.41) is 3.40. The van der Waals surface area contributed by atoms with Crippen LogP contribution in [0.15, 0.2) is 83.8 Å². The average Bonchev–Trinajstić information content (AvgIpc) is 2.94. The van der Waals surface area contributed by atoms with E-state index in [0.29, 0.717) is 11.6 Å². The average molecular weight is 572 g/mol. The molecule has 0 fully saturated rings. The fourth-order valence-corrected chi connectivity index (χ4v) is 5.46. The van der Waals surface area contributed by atoms with Crippen molar-refractivity contribution in [1.29, 1.82) is 0 Å². The van der Waals surface area contributed by atoms with Crippen molar-refractivity contribution in [3.8, 4) is 5.75 Å². The summed E-state index contributed by atoms with van der Waals surface area (Å²) in [5.74, 6) is -0.376. The number of hydrogen-bond donors (Lipinski definition) is 1. The molecule has 1 atom stereocenters. The van der Waals surface area contributed by atoms with Crippen LogP contribution in [0.25, 0.3) is 0 Å². The van der Waals surface area contributed by atoms with Crippen LogP contribution >= 0.6 is 11.6 Å². The Hall–Kier alpha value is -3.56. The van der Waals surface area contributed by atoms with Gasteiger partial charge in [-0.15, -0.1) is 0 Å². The molecule has 1 N–H and O–H groups in total. The molecule has 3 aromatic rings. The Morgan fingerprint density at radius 2 is 1.54 bits per heavy atom. The second kappa shape index (κ2) is 13.5. The first-order chi connectivity index (χ1) is 18.5. The zero-order valence-corrected chi connectivity index (χ0v) is 24.1. The number of carbonyl (C=O) groups is 2. The molecule has 0 aliphatic carbocycles. The zero-order valence-electron chi connectivity index (χ0n) is 22.5. The number of sulfonamides is 1. The lowest BCUT2D eigenvalue weighted by Gasteiger charge is -2.32. The summed E-state index contributed by atoms with van der Waals surface area (Å²) in [5.41, 5.74) is 0.951. The number of amides is 2. The van der Waals surface area contributed by atoms with Crippen molar-refractivity contribution in [1.82, 2.24) is 10.2 Å². The summed E-state index contributed by atoms with van der Waals surface area (Å²) in [7, 11) is -2.74. The number of anilines is 1. The molecule has 0 saturated heterocycles. The summed E-state index contributed by atoms with van der Waals surface area (Å²) in [6.45, 7) is 5.55. The van der Waals surface area contributed by atoms with Crippen molar-refractivity contribution in [3.05, 3.63) is 89.4 Å². The highest BCUT2D eigenvalue weighted by molar-refractivity contribution is 7.92. The van der Waals surface area contributed by atoms with Crippen LogP contribution < -0.4 is 14.4 Å². The van der Waals surface area contributed by atoms with E-state index in [-0.39, 0.29) is 34.7 Å². The zero-order chi connectivity index (χ0) is 28.6. The van der Waals surface area contributed by atoms with Crippen LogP contribution in [0.2, 0.25) is 5.02 Å². The summed E-state index contributed by atoms with van der Waals surface area (Å²) >= 11 is 6.04. The predicted molar refractivity (Wildman–Crippen MR) is 153 cm³/mol. The molecule has 0 unspecified atom stereocenters. The van der Waals surface area contributed by atoms with Crippen molar-refractivity contribution in [2.45, 2.75) is 38.3 Å². The third-order valence-electron chi connectivity index (χ3n) is 6.08. The Kier molecular flexibility index (Phi) is 10.4. The van der Waals surface area contributed by atoms with Crippen molar-refractivity contribution in [3.63, 3.8) is 0 Å². The van der Waals surface area contributed by atoms with Gasteiger partial charge in [0.25, 0.3) is 10.0 Å².